The van der Waals surface area contributed by atoms with Crippen molar-refractivity contribution in [3.8, 4) is 6.07 Å². The normalized spacial score (nSPS) is 26.1. The molecule has 0 spiro atoms. The van der Waals surface area contributed by atoms with E-state index in [1.807, 2.05) is 41.5 Å². The number of nitrogens with zero attached hydrogens (tertiary/aromatic N) is 4. The number of piperidine rings is 4. The molecule has 9 fully saturated rings. The van der Waals surface area contributed by atoms with Gasteiger partial charge in [0.05, 0.1) is 6.07 Å². The Kier molecular flexibility index (Phi) is 39.5. The van der Waals surface area contributed by atoms with Crippen molar-refractivity contribution in [2.45, 2.75) is 296 Å². The Morgan fingerprint density at radius 3 is 1.09 bits per heavy atom. The summed E-state index contributed by atoms with van der Waals surface area (Å²) in [6.45, 7) is 29.0. The first-order chi connectivity index (χ1) is 46.1. The molecule has 12 rings (SSSR count). The zero-order chi connectivity index (χ0) is 70.8. The standard InChI is InChI=1S/C20H30N2O2.C15H22N2.C15H18N2.C13H24N2O2.C10H18O5.C4H8O.CH4O.CH4.Al.Li.4H/c1-20(2,3)24-19(23)21-13-16-11-17-9-10-18(12-16)22(17)14-15-7-5-4-6-8-15;2*16-10-13-8-14-6-7-15(9-13)17(14)11-12-4-2-1-3-5-12;1-13(2,3)17-12(16)14-8-9-6-10-4-5-11(7-9)15-10;1-9(2,3)14-7(11)13-8(12)15-10(4,5)6;1-2-4-5-3-1;1-2;;;;;;;/h4-8,16-18H,9-14H2,1-3H3,(H,21,23);1-5,13-15H,6-11,16H2;1-5,13-15H,6-9,11H2;9-11,15H,4-8H2,1-3H3,(H,14,16);1-6H3;1-4H2;2H,1H3;1H4;;;;;;/q;;;;;;;;;+1;;;;-1. The first-order valence-electron chi connectivity index (χ1n) is 36.4. The maximum absolute atomic E-state index is 11.8. The van der Waals surface area contributed by atoms with Gasteiger partial charge in [0.15, 0.2) is 17.4 Å². The zero-order valence-electron chi connectivity index (χ0n) is 63.4. The molecule has 0 radical (unpaired) electrons. The molecule has 9 heterocycles. The van der Waals surface area contributed by atoms with Crippen LogP contribution in [0.1, 0.15) is 224 Å². The van der Waals surface area contributed by atoms with E-state index in [-0.39, 0.29) is 57.3 Å². The number of amides is 2. The molecule has 21 heteroatoms. The fourth-order valence-electron chi connectivity index (χ4n) is 15.2. The summed E-state index contributed by atoms with van der Waals surface area (Å²) in [5.41, 5.74) is 7.87. The topological polar surface area (TPSA) is 240 Å². The number of nitriles is 1. The van der Waals surface area contributed by atoms with Gasteiger partial charge in [-0.2, -0.15) is 5.26 Å². The molecule has 8 unspecified atom stereocenters. The summed E-state index contributed by atoms with van der Waals surface area (Å²) < 4.78 is 29.3. The van der Waals surface area contributed by atoms with Gasteiger partial charge in [-0.05, 0) is 240 Å². The Morgan fingerprint density at radius 1 is 0.510 bits per heavy atom. The quantitative estimate of drug-likeness (QED) is 0.0519. The van der Waals surface area contributed by atoms with Crippen molar-refractivity contribution in [1.29, 1.82) is 5.26 Å². The number of rotatable bonds is 11. The average Bonchev–Trinajstić information content (AvgIpc) is 1.68. The van der Waals surface area contributed by atoms with Crippen LogP contribution in [0.4, 0.5) is 19.2 Å². The number of alkyl carbamates (subject to hydrolysis) is 2. The molecule has 6 N–H and O–H groups in total. The number of nitrogens with one attached hydrogen (secondary N) is 3. The van der Waals surface area contributed by atoms with Gasteiger partial charge in [0.1, 0.15) is 22.4 Å². The third-order valence-electron chi connectivity index (χ3n) is 19.2. The van der Waals surface area contributed by atoms with Crippen molar-refractivity contribution in [1.82, 2.24) is 30.7 Å². The Balaban J connectivity index is 0.000000418. The van der Waals surface area contributed by atoms with Gasteiger partial charge in [-0.3, -0.25) is 14.7 Å². The number of hydrogen-bond donors (Lipinski definition) is 5. The largest absolute Gasteiger partial charge is 1.00 e. The van der Waals surface area contributed by atoms with Crippen molar-refractivity contribution >= 4 is 41.9 Å². The number of nitrogens with two attached hydrogens (primary N) is 1. The smallest absolute Gasteiger partial charge is 1.00 e. The predicted octanol–water partition coefficient (Wildman–Crippen LogP) is 11.2. The second-order valence-corrected chi connectivity index (χ2v) is 31.9. The van der Waals surface area contributed by atoms with Gasteiger partial charge in [0.2, 0.25) is 0 Å². The Morgan fingerprint density at radius 2 is 0.810 bits per heavy atom. The first-order valence-corrected chi connectivity index (χ1v) is 36.4. The van der Waals surface area contributed by atoms with Crippen LogP contribution in [-0.4, -0.2) is 172 Å². The number of fused-ring (bicyclic) bond motifs is 8. The molecular weight excluding hydrogens is 1270 g/mol. The Labute approximate surface area is 626 Å². The van der Waals surface area contributed by atoms with E-state index in [4.69, 9.17) is 39.8 Å². The fraction of sp³-hybridized carbons (Fsp3) is 0.709. The minimum atomic E-state index is -1.06. The van der Waals surface area contributed by atoms with Crippen LogP contribution in [0.3, 0.4) is 0 Å². The molecular formula is C79H132AlLiN8O11. The summed E-state index contributed by atoms with van der Waals surface area (Å²) in [6.07, 6.45) is 19.9. The maximum atomic E-state index is 11.8. The molecule has 0 aliphatic carbocycles. The minimum Gasteiger partial charge on any atom is -1.00 e. The summed E-state index contributed by atoms with van der Waals surface area (Å²) in [6, 6.07) is 40.4. The van der Waals surface area contributed by atoms with E-state index in [9.17, 15) is 19.2 Å². The second kappa shape index (κ2) is 44.2. The fourth-order valence-corrected chi connectivity index (χ4v) is 15.2. The predicted molar refractivity (Wildman–Crippen MR) is 400 cm³/mol. The Bertz CT molecular complexity index is 2750. The van der Waals surface area contributed by atoms with Crippen LogP contribution < -0.4 is 40.5 Å². The SMILES string of the molecule is C.C1CCOC1.CC(C)(C)OC(=O)NCC1CC2CCC(C1)N2.CC(C)(C)OC(=O)NCC1CC2CCC(C1)N2Cc1ccccc1.CC(C)(C)OC(=O)OC(=O)OC(C)(C)C.CO.N#CC1CC2CCC(C1)N2Cc1ccccc1.NCC1CC2CCC(C1)N2Cc1ccccc1.[AlH3].[H-].[Li+]. The summed E-state index contributed by atoms with van der Waals surface area (Å²) >= 11 is 0. The van der Waals surface area contributed by atoms with Gasteiger partial charge in [-0.1, -0.05) is 98.4 Å². The first kappa shape index (κ1) is 89.5. The maximum Gasteiger partial charge on any atom is 1.00 e. The van der Waals surface area contributed by atoms with Crippen molar-refractivity contribution in [2.24, 2.45) is 29.4 Å². The molecule has 100 heavy (non-hydrogen) atoms. The minimum absolute atomic E-state index is 0. The molecule has 9 saturated heterocycles. The van der Waals surface area contributed by atoms with Gasteiger partial charge >= 0.3 is 43.4 Å². The van der Waals surface area contributed by atoms with Gasteiger partial charge in [0.25, 0.3) is 0 Å². The molecule has 3 aromatic carbocycles. The van der Waals surface area contributed by atoms with Crippen LogP contribution in [-0.2, 0) is 48.1 Å². The van der Waals surface area contributed by atoms with E-state index in [1.165, 1.54) is 119 Å². The summed E-state index contributed by atoms with van der Waals surface area (Å²) in [4.78, 5) is 53.4. The second-order valence-electron chi connectivity index (χ2n) is 31.9. The van der Waals surface area contributed by atoms with Crippen LogP contribution in [0.25, 0.3) is 0 Å². The molecule has 0 aromatic heterocycles. The van der Waals surface area contributed by atoms with Crippen LogP contribution in [0.2, 0.25) is 0 Å². The molecule has 9 aliphatic heterocycles. The molecule has 558 valence electrons. The van der Waals surface area contributed by atoms with Crippen molar-refractivity contribution in [2.75, 3.05) is 40.0 Å². The van der Waals surface area contributed by atoms with Crippen molar-refractivity contribution in [3.63, 3.8) is 0 Å². The average molecular weight is 1400 g/mol. The van der Waals surface area contributed by atoms with Gasteiger partial charge in [-0.15, -0.1) is 0 Å². The summed E-state index contributed by atoms with van der Waals surface area (Å²) in [5.74, 6) is 2.27. The van der Waals surface area contributed by atoms with Crippen molar-refractivity contribution in [3.05, 3.63) is 108 Å². The van der Waals surface area contributed by atoms with E-state index >= 15 is 0 Å². The van der Waals surface area contributed by atoms with Crippen LogP contribution in [0.15, 0.2) is 91.0 Å². The van der Waals surface area contributed by atoms with Crippen LogP contribution in [0, 0.1) is 35.0 Å². The van der Waals surface area contributed by atoms with E-state index in [0.29, 0.717) is 54.0 Å². The van der Waals surface area contributed by atoms with Gasteiger partial charge in [0, 0.05) is 107 Å². The van der Waals surface area contributed by atoms with E-state index in [2.05, 4.69) is 132 Å². The van der Waals surface area contributed by atoms with Gasteiger partial charge < -0.3 is 56.6 Å². The molecule has 0 saturated carbocycles. The Hall–Kier alpha value is -4.72. The number of aliphatic hydroxyl groups excluding tert-OH is 1. The summed E-state index contributed by atoms with van der Waals surface area (Å²) in [5, 5.41) is 25.5. The zero-order valence-corrected chi connectivity index (χ0v) is 62.4. The molecule has 3 aromatic rings. The third-order valence-corrected chi connectivity index (χ3v) is 19.2. The number of hydrogen-bond acceptors (Lipinski definition) is 17. The number of carbonyl (C=O) groups excluding carboxylic acids is 4. The number of aliphatic hydroxyl groups is 1. The summed E-state index contributed by atoms with van der Waals surface area (Å²) in [7, 11) is 1.00. The molecule has 8 atom stereocenters. The monoisotopic (exact) mass is 1400 g/mol. The van der Waals surface area contributed by atoms with Gasteiger partial charge in [-0.25, -0.2) is 19.2 Å². The number of ether oxygens (including phenoxy) is 6. The van der Waals surface area contributed by atoms with Crippen LogP contribution in [0.5, 0.6) is 0 Å². The molecule has 2 amide bonds. The van der Waals surface area contributed by atoms with E-state index in [0.717, 1.165) is 90.4 Å². The molecule has 19 nitrogen and oxygen atoms in total. The van der Waals surface area contributed by atoms with Crippen molar-refractivity contribution < 1.29 is 73.0 Å². The molecule has 9 aliphatic rings. The third kappa shape index (κ3) is 33.4. The van der Waals surface area contributed by atoms with E-state index in [1.54, 1.807) is 41.5 Å². The molecule has 8 bridgehead atoms. The number of benzene rings is 3. The number of carbonyl (C=O) groups is 4. The van der Waals surface area contributed by atoms with E-state index < -0.39 is 34.7 Å². The van der Waals surface area contributed by atoms with Crippen LogP contribution >= 0.6 is 0 Å².